The van der Waals surface area contributed by atoms with Crippen LogP contribution in [-0.4, -0.2) is 30.2 Å². The van der Waals surface area contributed by atoms with Crippen LogP contribution in [0.15, 0.2) is 24.3 Å². The van der Waals surface area contributed by atoms with Gasteiger partial charge in [0, 0.05) is 25.1 Å². The van der Waals surface area contributed by atoms with Gasteiger partial charge in [0.15, 0.2) is 0 Å². The molecule has 0 unspecified atom stereocenters. The van der Waals surface area contributed by atoms with Crippen LogP contribution in [0.4, 0.5) is 4.39 Å². The van der Waals surface area contributed by atoms with Gasteiger partial charge in [0.25, 0.3) is 0 Å². The topological polar surface area (TPSA) is 23.5 Å². The van der Waals surface area contributed by atoms with E-state index in [1.54, 1.807) is 12.1 Å². The van der Waals surface area contributed by atoms with Gasteiger partial charge in [0.2, 0.25) is 0 Å². The fraction of sp³-hybridized carbons (Fsp3) is 0.538. The number of nitrogens with zero attached hydrogens (tertiary/aromatic N) is 1. The van der Waals surface area contributed by atoms with Crippen LogP contribution in [0, 0.1) is 11.2 Å². The van der Waals surface area contributed by atoms with Crippen LogP contribution in [0.25, 0.3) is 0 Å². The van der Waals surface area contributed by atoms with Crippen molar-refractivity contribution in [3.05, 3.63) is 35.6 Å². The van der Waals surface area contributed by atoms with Crippen LogP contribution < -0.4 is 0 Å². The van der Waals surface area contributed by atoms with Gasteiger partial charge < -0.3 is 10.0 Å². The van der Waals surface area contributed by atoms with Crippen molar-refractivity contribution in [2.75, 3.05) is 20.2 Å². The molecule has 1 aromatic carbocycles. The van der Waals surface area contributed by atoms with Crippen molar-refractivity contribution in [3.63, 3.8) is 0 Å². The molecular formula is C13H20FNO. The smallest absolute Gasteiger partial charge is 0.123 e. The molecular weight excluding hydrogens is 205 g/mol. The molecule has 0 aliphatic heterocycles. The van der Waals surface area contributed by atoms with E-state index < -0.39 is 0 Å². The van der Waals surface area contributed by atoms with Crippen molar-refractivity contribution >= 4 is 0 Å². The van der Waals surface area contributed by atoms with Crippen molar-refractivity contribution in [1.29, 1.82) is 0 Å². The zero-order chi connectivity index (χ0) is 12.2. The Morgan fingerprint density at radius 3 is 2.31 bits per heavy atom. The van der Waals surface area contributed by atoms with Gasteiger partial charge in [-0.1, -0.05) is 26.0 Å². The second kappa shape index (κ2) is 5.41. The number of aliphatic hydroxyl groups excluding tert-OH is 1. The first-order valence-corrected chi connectivity index (χ1v) is 5.47. The summed E-state index contributed by atoms with van der Waals surface area (Å²) in [7, 11) is 2.00. The van der Waals surface area contributed by atoms with Crippen molar-refractivity contribution in [3.8, 4) is 0 Å². The Labute approximate surface area is 96.7 Å². The molecule has 16 heavy (non-hydrogen) atoms. The highest BCUT2D eigenvalue weighted by molar-refractivity contribution is 5.15. The summed E-state index contributed by atoms with van der Waals surface area (Å²) >= 11 is 0. The van der Waals surface area contributed by atoms with Crippen molar-refractivity contribution in [2.24, 2.45) is 5.41 Å². The summed E-state index contributed by atoms with van der Waals surface area (Å²) in [6, 6.07) is 6.52. The molecule has 0 atom stereocenters. The molecule has 0 aromatic heterocycles. The van der Waals surface area contributed by atoms with Gasteiger partial charge in [-0.2, -0.15) is 0 Å². The van der Waals surface area contributed by atoms with E-state index in [-0.39, 0.29) is 17.8 Å². The Balaban J connectivity index is 2.51. The molecule has 0 radical (unpaired) electrons. The van der Waals surface area contributed by atoms with E-state index >= 15 is 0 Å². The largest absolute Gasteiger partial charge is 0.396 e. The lowest BCUT2D eigenvalue weighted by atomic mass is 9.94. The van der Waals surface area contributed by atoms with E-state index in [0.717, 1.165) is 18.7 Å². The molecule has 0 saturated carbocycles. The molecule has 0 spiro atoms. The van der Waals surface area contributed by atoms with E-state index in [0.29, 0.717) is 0 Å². The van der Waals surface area contributed by atoms with E-state index in [9.17, 15) is 4.39 Å². The summed E-state index contributed by atoms with van der Waals surface area (Å²) in [4.78, 5) is 2.13. The molecule has 3 heteroatoms. The second-order valence-electron chi connectivity index (χ2n) is 5.12. The lowest BCUT2D eigenvalue weighted by molar-refractivity contribution is 0.112. The van der Waals surface area contributed by atoms with Crippen molar-refractivity contribution in [1.82, 2.24) is 4.90 Å². The summed E-state index contributed by atoms with van der Waals surface area (Å²) in [5.74, 6) is -0.206. The average Bonchev–Trinajstić information content (AvgIpc) is 2.21. The lowest BCUT2D eigenvalue weighted by Crippen LogP contribution is -2.33. The number of hydrogen-bond acceptors (Lipinski definition) is 2. The minimum atomic E-state index is -0.206. The van der Waals surface area contributed by atoms with Crippen LogP contribution in [0.5, 0.6) is 0 Å². The Kier molecular flexibility index (Phi) is 4.44. The third-order valence-corrected chi connectivity index (χ3v) is 2.49. The van der Waals surface area contributed by atoms with E-state index in [2.05, 4.69) is 4.90 Å². The molecule has 0 fully saturated rings. The average molecular weight is 225 g/mol. The number of benzene rings is 1. The van der Waals surface area contributed by atoms with E-state index in [4.69, 9.17) is 5.11 Å². The highest BCUT2D eigenvalue weighted by Crippen LogP contribution is 2.16. The molecule has 2 nitrogen and oxygen atoms in total. The zero-order valence-corrected chi connectivity index (χ0v) is 10.2. The quantitative estimate of drug-likeness (QED) is 0.831. The maximum Gasteiger partial charge on any atom is 0.123 e. The van der Waals surface area contributed by atoms with Gasteiger partial charge in [0.05, 0.1) is 0 Å². The highest BCUT2D eigenvalue weighted by atomic mass is 19.1. The molecule has 1 rings (SSSR count). The summed E-state index contributed by atoms with van der Waals surface area (Å²) < 4.78 is 12.7. The van der Waals surface area contributed by atoms with Crippen molar-refractivity contribution in [2.45, 2.75) is 20.4 Å². The monoisotopic (exact) mass is 225 g/mol. The Hall–Kier alpha value is -0.930. The van der Waals surface area contributed by atoms with E-state index in [1.807, 2.05) is 20.9 Å². The Morgan fingerprint density at radius 2 is 1.81 bits per heavy atom. The van der Waals surface area contributed by atoms with Crippen LogP contribution in [0.2, 0.25) is 0 Å². The van der Waals surface area contributed by atoms with E-state index in [1.165, 1.54) is 12.1 Å². The fourth-order valence-corrected chi connectivity index (χ4v) is 1.74. The van der Waals surface area contributed by atoms with Crippen LogP contribution in [-0.2, 0) is 6.54 Å². The minimum absolute atomic E-state index is 0.102. The molecule has 0 aliphatic carbocycles. The Bertz CT molecular complexity index is 321. The first kappa shape index (κ1) is 13.1. The number of aliphatic hydroxyl groups is 1. The van der Waals surface area contributed by atoms with Gasteiger partial charge in [0.1, 0.15) is 5.82 Å². The minimum Gasteiger partial charge on any atom is -0.396 e. The molecule has 0 aliphatic rings. The first-order valence-electron chi connectivity index (χ1n) is 5.47. The highest BCUT2D eigenvalue weighted by Gasteiger charge is 2.18. The Morgan fingerprint density at radius 1 is 1.25 bits per heavy atom. The molecule has 0 amide bonds. The third-order valence-electron chi connectivity index (χ3n) is 2.49. The van der Waals surface area contributed by atoms with Gasteiger partial charge in [-0.3, -0.25) is 0 Å². The predicted octanol–water partition coefficient (Wildman–Crippen LogP) is 2.28. The maximum atomic E-state index is 12.7. The lowest BCUT2D eigenvalue weighted by Gasteiger charge is -2.28. The maximum absolute atomic E-state index is 12.7. The zero-order valence-electron chi connectivity index (χ0n) is 10.2. The summed E-state index contributed by atoms with van der Waals surface area (Å²) in [5.41, 5.74) is 0.979. The number of halogens is 1. The van der Waals surface area contributed by atoms with Gasteiger partial charge in [-0.15, -0.1) is 0 Å². The summed E-state index contributed by atoms with van der Waals surface area (Å²) in [5, 5.41) is 9.17. The van der Waals surface area contributed by atoms with Crippen LogP contribution in [0.1, 0.15) is 19.4 Å². The van der Waals surface area contributed by atoms with Crippen molar-refractivity contribution < 1.29 is 9.50 Å². The predicted molar refractivity (Wildman–Crippen MR) is 63.6 cm³/mol. The number of rotatable bonds is 5. The molecule has 0 saturated heterocycles. The standard InChI is InChI=1S/C13H20FNO/c1-13(2,10-16)9-15(3)8-11-4-6-12(14)7-5-11/h4-7,16H,8-10H2,1-3H3. The number of hydrogen-bond donors (Lipinski definition) is 1. The molecule has 90 valence electrons. The third kappa shape index (κ3) is 4.29. The summed E-state index contributed by atoms with van der Waals surface area (Å²) in [6.07, 6.45) is 0. The van der Waals surface area contributed by atoms with Gasteiger partial charge in [-0.25, -0.2) is 4.39 Å². The second-order valence-corrected chi connectivity index (χ2v) is 5.12. The van der Waals surface area contributed by atoms with Gasteiger partial charge in [-0.05, 0) is 24.7 Å². The van der Waals surface area contributed by atoms with Gasteiger partial charge >= 0.3 is 0 Å². The SMILES string of the molecule is CN(Cc1ccc(F)cc1)CC(C)(C)CO. The summed E-state index contributed by atoms with van der Waals surface area (Å²) in [6.45, 7) is 5.79. The molecule has 1 aromatic rings. The first-order chi connectivity index (χ1) is 7.43. The van der Waals surface area contributed by atoms with Crippen LogP contribution in [0.3, 0.4) is 0 Å². The molecule has 0 heterocycles. The van der Waals surface area contributed by atoms with Crippen LogP contribution >= 0.6 is 0 Å². The normalized spacial score (nSPS) is 12.1. The molecule has 0 bridgehead atoms. The fourth-order valence-electron chi connectivity index (χ4n) is 1.74. The molecule has 1 N–H and O–H groups in total.